The summed E-state index contributed by atoms with van der Waals surface area (Å²) in [5.41, 5.74) is 0. The third kappa shape index (κ3) is 9.53. The number of carboxylic acids is 1. The van der Waals surface area contributed by atoms with Gasteiger partial charge >= 0.3 is 11.9 Å². The molecule has 0 aromatic heterocycles. The highest BCUT2D eigenvalue weighted by atomic mass is 16.6. The Balaban J connectivity index is 2.27. The van der Waals surface area contributed by atoms with Crippen LogP contribution in [0.3, 0.4) is 0 Å². The molecule has 1 aliphatic heterocycles. The lowest BCUT2D eigenvalue weighted by molar-refractivity contribution is -0.255. The summed E-state index contributed by atoms with van der Waals surface area (Å²) in [4.78, 5) is 33.8. The second-order valence-electron chi connectivity index (χ2n) is 7.23. The van der Waals surface area contributed by atoms with E-state index >= 15 is 0 Å². The largest absolute Gasteiger partial charge is 0.481 e. The number of ether oxygens (including phenoxy) is 2. The van der Waals surface area contributed by atoms with E-state index in [1.165, 1.54) is 0 Å². The van der Waals surface area contributed by atoms with Gasteiger partial charge in [0.2, 0.25) is 5.91 Å². The molecule has 1 saturated heterocycles. The number of unbranched alkanes of at least 4 members (excludes halogenated alkanes) is 4. The van der Waals surface area contributed by atoms with Crippen LogP contribution in [0.1, 0.15) is 64.7 Å². The van der Waals surface area contributed by atoms with Gasteiger partial charge in [-0.05, 0) is 19.3 Å². The van der Waals surface area contributed by atoms with Crippen molar-refractivity contribution in [1.29, 1.82) is 0 Å². The summed E-state index contributed by atoms with van der Waals surface area (Å²) in [6.45, 7) is 1.48. The predicted octanol–water partition coefficient (Wildman–Crippen LogP) is 0.0688. The number of aliphatic carboxylic acids is 1. The second kappa shape index (κ2) is 13.5. The van der Waals surface area contributed by atoms with Crippen LogP contribution in [-0.2, 0) is 23.9 Å². The molecule has 1 unspecified atom stereocenters. The van der Waals surface area contributed by atoms with Crippen LogP contribution in [0.4, 0.5) is 0 Å². The molecule has 5 N–H and O–H groups in total. The zero-order chi connectivity index (χ0) is 21.8. The van der Waals surface area contributed by atoms with Gasteiger partial charge in [0.05, 0.1) is 0 Å². The van der Waals surface area contributed by atoms with Gasteiger partial charge in [-0.25, -0.2) is 0 Å². The van der Waals surface area contributed by atoms with Crippen molar-refractivity contribution >= 4 is 17.8 Å². The molecule has 0 aliphatic carbocycles. The van der Waals surface area contributed by atoms with Gasteiger partial charge in [-0.1, -0.05) is 26.2 Å². The Labute approximate surface area is 170 Å². The van der Waals surface area contributed by atoms with Crippen molar-refractivity contribution in [3.8, 4) is 0 Å². The van der Waals surface area contributed by atoms with E-state index in [0.29, 0.717) is 19.3 Å². The van der Waals surface area contributed by atoms with Gasteiger partial charge in [-0.3, -0.25) is 14.4 Å². The van der Waals surface area contributed by atoms with Crippen LogP contribution >= 0.6 is 0 Å². The Morgan fingerprint density at radius 2 is 1.55 bits per heavy atom. The number of carbonyl (C=O) groups excluding carboxylic acids is 2. The molecule has 0 bridgehead atoms. The molecular weight excluding hydrogens is 386 g/mol. The molecule has 0 spiro atoms. The highest BCUT2D eigenvalue weighted by molar-refractivity contribution is 5.76. The Kier molecular flexibility index (Phi) is 11.7. The first-order valence-corrected chi connectivity index (χ1v) is 10.1. The summed E-state index contributed by atoms with van der Waals surface area (Å²) in [5, 5.41) is 41.3. The molecule has 29 heavy (non-hydrogen) atoms. The first-order chi connectivity index (χ1) is 13.8. The topological polar surface area (TPSA) is 163 Å². The van der Waals surface area contributed by atoms with Crippen molar-refractivity contribution in [3.05, 3.63) is 0 Å². The number of hydrogen-bond donors (Lipinski definition) is 5. The highest BCUT2D eigenvalue weighted by Gasteiger charge is 2.44. The minimum absolute atomic E-state index is 0.145. The van der Waals surface area contributed by atoms with E-state index in [1.807, 2.05) is 6.92 Å². The van der Waals surface area contributed by atoms with Gasteiger partial charge in [0.25, 0.3) is 0 Å². The average Bonchev–Trinajstić information content (AvgIpc) is 2.66. The van der Waals surface area contributed by atoms with Crippen LogP contribution in [0.25, 0.3) is 0 Å². The molecule has 1 rings (SSSR count). The van der Waals surface area contributed by atoms with Crippen LogP contribution in [0.15, 0.2) is 0 Å². The van der Waals surface area contributed by atoms with Gasteiger partial charge < -0.3 is 35.2 Å². The van der Waals surface area contributed by atoms with Gasteiger partial charge in [-0.2, -0.15) is 0 Å². The second-order valence-corrected chi connectivity index (χ2v) is 7.23. The average molecular weight is 419 g/mol. The molecule has 1 fully saturated rings. The summed E-state index contributed by atoms with van der Waals surface area (Å²) >= 11 is 0. The molecule has 10 nitrogen and oxygen atoms in total. The Morgan fingerprint density at radius 1 is 0.931 bits per heavy atom. The first-order valence-electron chi connectivity index (χ1n) is 10.1. The lowest BCUT2D eigenvalue weighted by Crippen LogP contribution is -2.64. The third-order valence-corrected chi connectivity index (χ3v) is 4.71. The lowest BCUT2D eigenvalue weighted by Gasteiger charge is -2.40. The quantitative estimate of drug-likeness (QED) is 0.205. The van der Waals surface area contributed by atoms with E-state index in [0.717, 1.165) is 19.3 Å². The Bertz CT molecular complexity index is 528. The first kappa shape index (κ1) is 25.3. The van der Waals surface area contributed by atoms with Gasteiger partial charge in [-0.15, -0.1) is 0 Å². The number of hydrogen-bond acceptors (Lipinski definition) is 8. The molecular formula is C19H33NO9. The molecule has 1 aliphatic rings. The summed E-state index contributed by atoms with van der Waals surface area (Å²) in [6, 6.07) is -1.17. The maximum atomic E-state index is 11.8. The van der Waals surface area contributed by atoms with Crippen molar-refractivity contribution in [2.45, 2.75) is 95.4 Å². The van der Waals surface area contributed by atoms with E-state index < -0.39 is 42.6 Å². The van der Waals surface area contributed by atoms with Crippen molar-refractivity contribution in [1.82, 2.24) is 5.32 Å². The molecule has 168 valence electrons. The number of carboxylic acid groups (broad SMARTS) is 1. The van der Waals surface area contributed by atoms with Gasteiger partial charge in [0.1, 0.15) is 31.0 Å². The van der Waals surface area contributed by atoms with Crippen LogP contribution in [0, 0.1) is 0 Å². The molecule has 0 radical (unpaired) electrons. The number of aliphatic hydroxyl groups excluding tert-OH is 3. The lowest BCUT2D eigenvalue weighted by atomic mass is 9.97. The SMILES string of the molecule is CCCC(=O)N[C@H]1C(O)O[C@H](COC(=O)CCCCCCCC(=O)O)[C@@H](O)[C@@H]1O. The zero-order valence-electron chi connectivity index (χ0n) is 16.8. The maximum Gasteiger partial charge on any atom is 0.305 e. The molecule has 0 aromatic carbocycles. The number of rotatable bonds is 13. The van der Waals surface area contributed by atoms with Gasteiger partial charge in [0.15, 0.2) is 6.29 Å². The zero-order valence-corrected chi connectivity index (χ0v) is 16.8. The van der Waals surface area contributed by atoms with Crippen molar-refractivity contribution in [2.24, 2.45) is 0 Å². The molecule has 1 heterocycles. The molecule has 0 aromatic rings. The minimum Gasteiger partial charge on any atom is -0.481 e. The van der Waals surface area contributed by atoms with Crippen LogP contribution < -0.4 is 5.32 Å². The van der Waals surface area contributed by atoms with Crippen LogP contribution in [0.2, 0.25) is 0 Å². The van der Waals surface area contributed by atoms with E-state index in [1.54, 1.807) is 0 Å². The summed E-state index contributed by atoms with van der Waals surface area (Å²) in [6.07, 6.45) is -0.837. The summed E-state index contributed by atoms with van der Waals surface area (Å²) < 4.78 is 10.3. The predicted molar refractivity (Wildman–Crippen MR) is 101 cm³/mol. The standard InChI is InChI=1S/C19H33NO9/c1-2-8-13(21)20-16-18(26)17(25)12(29-19(16)27)11-28-15(24)10-7-5-3-4-6-9-14(22)23/h12,16-19,25-27H,2-11H2,1H3,(H,20,21)(H,22,23)/t12-,16-,17-,18-,19?/m1/s1. The van der Waals surface area contributed by atoms with Crippen molar-refractivity contribution in [2.75, 3.05) is 6.61 Å². The van der Waals surface area contributed by atoms with Crippen molar-refractivity contribution < 1.29 is 44.3 Å². The fourth-order valence-electron chi connectivity index (χ4n) is 3.05. The van der Waals surface area contributed by atoms with Crippen molar-refractivity contribution in [3.63, 3.8) is 0 Å². The fourth-order valence-corrected chi connectivity index (χ4v) is 3.05. The molecule has 5 atom stereocenters. The number of aliphatic hydroxyl groups is 3. The molecule has 0 saturated carbocycles. The van der Waals surface area contributed by atoms with Crippen LogP contribution in [0.5, 0.6) is 0 Å². The van der Waals surface area contributed by atoms with E-state index in [2.05, 4.69) is 5.32 Å². The normalized spacial score (nSPS) is 26.7. The Hall–Kier alpha value is -1.75. The van der Waals surface area contributed by atoms with E-state index in [-0.39, 0.29) is 31.8 Å². The maximum absolute atomic E-state index is 11.8. The Morgan fingerprint density at radius 3 is 2.17 bits per heavy atom. The molecule has 1 amide bonds. The monoisotopic (exact) mass is 419 g/mol. The molecule has 10 heteroatoms. The number of nitrogens with one attached hydrogen (secondary N) is 1. The summed E-state index contributed by atoms with van der Waals surface area (Å²) in [7, 11) is 0. The number of esters is 1. The van der Waals surface area contributed by atoms with E-state index in [4.69, 9.17) is 14.6 Å². The number of amides is 1. The minimum atomic E-state index is -1.54. The summed E-state index contributed by atoms with van der Waals surface area (Å²) in [5.74, 6) is -1.68. The van der Waals surface area contributed by atoms with Crippen LogP contribution in [-0.4, -0.2) is 75.5 Å². The smallest absolute Gasteiger partial charge is 0.305 e. The van der Waals surface area contributed by atoms with Gasteiger partial charge in [0, 0.05) is 19.3 Å². The highest BCUT2D eigenvalue weighted by Crippen LogP contribution is 2.21. The van der Waals surface area contributed by atoms with E-state index in [9.17, 15) is 29.7 Å². The third-order valence-electron chi connectivity index (χ3n) is 4.71. The fraction of sp³-hybridized carbons (Fsp3) is 0.842. The number of carbonyl (C=O) groups is 3.